The number of nitrogens with one attached hydrogen (secondary N) is 1. The highest BCUT2D eigenvalue weighted by atomic mass is 32.2. The van der Waals surface area contributed by atoms with E-state index in [1.54, 1.807) is 49.4 Å². The summed E-state index contributed by atoms with van der Waals surface area (Å²) in [6.07, 6.45) is 1.15. The monoisotopic (exact) mass is 378 g/mol. The third kappa shape index (κ3) is 4.45. The second-order valence-electron chi connectivity index (χ2n) is 5.50. The molecule has 0 saturated carbocycles. The van der Waals surface area contributed by atoms with Crippen molar-refractivity contribution in [1.82, 2.24) is 0 Å². The molecule has 0 unspecified atom stereocenters. The third-order valence-corrected chi connectivity index (χ3v) is 5.02. The molecule has 0 spiro atoms. The van der Waals surface area contributed by atoms with Crippen LogP contribution >= 0.6 is 0 Å². The molecule has 0 saturated heterocycles. The van der Waals surface area contributed by atoms with E-state index in [0.717, 1.165) is 6.26 Å². The van der Waals surface area contributed by atoms with E-state index in [1.165, 1.54) is 18.5 Å². The van der Waals surface area contributed by atoms with Gasteiger partial charge in [0, 0.05) is 23.9 Å². The molecule has 0 bridgehead atoms. The largest absolute Gasteiger partial charge is 0.493 e. The van der Waals surface area contributed by atoms with Crippen LogP contribution in [0.5, 0.6) is 11.5 Å². The zero-order valence-electron chi connectivity index (χ0n) is 15.1. The number of sulfonamides is 1. The minimum absolute atomic E-state index is 0.314. The smallest absolute Gasteiger partial charge is 0.255 e. The molecule has 26 heavy (non-hydrogen) atoms. The molecule has 0 atom stereocenters. The minimum atomic E-state index is -3.36. The Morgan fingerprint density at radius 2 is 1.65 bits per heavy atom. The second kappa shape index (κ2) is 8.09. The number of anilines is 2. The number of methoxy groups -OCH3 is 2. The summed E-state index contributed by atoms with van der Waals surface area (Å²) in [5, 5.41) is 2.77. The van der Waals surface area contributed by atoms with Crippen molar-refractivity contribution >= 4 is 27.3 Å². The van der Waals surface area contributed by atoms with E-state index in [2.05, 4.69) is 5.32 Å². The van der Waals surface area contributed by atoms with Gasteiger partial charge in [-0.3, -0.25) is 9.10 Å². The van der Waals surface area contributed by atoms with Gasteiger partial charge in [0.1, 0.15) is 0 Å². The van der Waals surface area contributed by atoms with Crippen molar-refractivity contribution in [2.45, 2.75) is 6.92 Å². The van der Waals surface area contributed by atoms with Crippen LogP contribution < -0.4 is 19.1 Å². The van der Waals surface area contributed by atoms with Crippen LogP contribution in [0.2, 0.25) is 0 Å². The number of nitrogens with zero attached hydrogens (tertiary/aromatic N) is 1. The molecule has 2 rings (SSSR count). The number of rotatable bonds is 7. The molecule has 0 aliphatic heterocycles. The van der Waals surface area contributed by atoms with Gasteiger partial charge in [-0.2, -0.15) is 0 Å². The highest BCUT2D eigenvalue weighted by molar-refractivity contribution is 7.92. The van der Waals surface area contributed by atoms with E-state index >= 15 is 0 Å². The summed E-state index contributed by atoms with van der Waals surface area (Å²) in [5.41, 5.74) is 1.48. The van der Waals surface area contributed by atoms with Crippen molar-refractivity contribution in [1.29, 1.82) is 0 Å². The first-order valence-corrected chi connectivity index (χ1v) is 9.76. The van der Waals surface area contributed by atoms with E-state index in [0.29, 0.717) is 35.0 Å². The van der Waals surface area contributed by atoms with Crippen LogP contribution in [0, 0.1) is 0 Å². The average molecular weight is 378 g/mol. The van der Waals surface area contributed by atoms with E-state index in [9.17, 15) is 13.2 Å². The molecule has 0 aliphatic carbocycles. The van der Waals surface area contributed by atoms with Crippen molar-refractivity contribution in [3.8, 4) is 11.5 Å². The van der Waals surface area contributed by atoms with Gasteiger partial charge in [0.25, 0.3) is 5.91 Å². The molecule has 1 N–H and O–H groups in total. The van der Waals surface area contributed by atoms with Gasteiger partial charge in [0.05, 0.1) is 26.2 Å². The Balaban J connectivity index is 2.18. The predicted octanol–water partition coefficient (Wildman–Crippen LogP) is 2.74. The Kier molecular flexibility index (Phi) is 6.10. The molecule has 140 valence electrons. The molecule has 0 fully saturated rings. The van der Waals surface area contributed by atoms with Gasteiger partial charge < -0.3 is 14.8 Å². The van der Waals surface area contributed by atoms with Gasteiger partial charge in [0.2, 0.25) is 10.0 Å². The van der Waals surface area contributed by atoms with Crippen LogP contribution in [0.4, 0.5) is 11.4 Å². The molecule has 2 aromatic carbocycles. The van der Waals surface area contributed by atoms with Crippen LogP contribution in [0.1, 0.15) is 17.3 Å². The number of hydrogen-bond donors (Lipinski definition) is 1. The zero-order valence-corrected chi connectivity index (χ0v) is 16.0. The van der Waals surface area contributed by atoms with Gasteiger partial charge in [-0.1, -0.05) is 0 Å². The lowest BCUT2D eigenvalue weighted by Gasteiger charge is -2.20. The lowest BCUT2D eigenvalue weighted by atomic mass is 10.2. The van der Waals surface area contributed by atoms with E-state index < -0.39 is 10.0 Å². The molecular formula is C18H22N2O5S. The van der Waals surface area contributed by atoms with Gasteiger partial charge in [-0.15, -0.1) is 0 Å². The Bertz CT molecular complexity index is 879. The second-order valence-corrected chi connectivity index (χ2v) is 7.41. The molecule has 0 heterocycles. The Morgan fingerprint density at radius 3 is 2.15 bits per heavy atom. The maximum atomic E-state index is 12.4. The topological polar surface area (TPSA) is 84.9 Å². The highest BCUT2D eigenvalue weighted by Gasteiger charge is 2.16. The number of ether oxygens (including phenoxy) is 2. The predicted molar refractivity (Wildman–Crippen MR) is 102 cm³/mol. The SMILES string of the molecule is CCN(c1ccc(C(=O)Nc2ccc(OC)c(OC)c2)cc1)S(C)(=O)=O. The number of hydrogen-bond acceptors (Lipinski definition) is 5. The lowest BCUT2D eigenvalue weighted by molar-refractivity contribution is 0.102. The number of carbonyl (C=O) groups is 1. The number of carbonyl (C=O) groups excluding carboxylic acids is 1. The molecular weight excluding hydrogens is 356 g/mol. The van der Waals surface area contributed by atoms with Crippen LogP contribution in [-0.4, -0.2) is 41.3 Å². The molecule has 7 nitrogen and oxygen atoms in total. The van der Waals surface area contributed by atoms with Crippen molar-refractivity contribution in [2.75, 3.05) is 36.6 Å². The number of amides is 1. The summed E-state index contributed by atoms with van der Waals surface area (Å²) in [4.78, 5) is 12.4. The Hall–Kier alpha value is -2.74. The van der Waals surface area contributed by atoms with Gasteiger partial charge >= 0.3 is 0 Å². The fraction of sp³-hybridized carbons (Fsp3) is 0.278. The summed E-state index contributed by atoms with van der Waals surface area (Å²) >= 11 is 0. The first-order chi connectivity index (χ1) is 12.3. The average Bonchev–Trinajstić information content (AvgIpc) is 2.61. The molecule has 8 heteroatoms. The lowest BCUT2D eigenvalue weighted by Crippen LogP contribution is -2.29. The number of benzene rings is 2. The van der Waals surface area contributed by atoms with Crippen LogP contribution in [-0.2, 0) is 10.0 Å². The van der Waals surface area contributed by atoms with E-state index in [4.69, 9.17) is 9.47 Å². The normalized spacial score (nSPS) is 10.9. The van der Waals surface area contributed by atoms with Gasteiger partial charge in [-0.05, 0) is 43.3 Å². The van der Waals surface area contributed by atoms with Crippen molar-refractivity contribution in [3.05, 3.63) is 48.0 Å². The summed E-state index contributed by atoms with van der Waals surface area (Å²) in [7, 11) is -0.304. The maximum Gasteiger partial charge on any atom is 0.255 e. The zero-order chi connectivity index (χ0) is 19.3. The third-order valence-electron chi connectivity index (χ3n) is 3.75. The fourth-order valence-corrected chi connectivity index (χ4v) is 3.48. The van der Waals surface area contributed by atoms with Crippen molar-refractivity contribution < 1.29 is 22.7 Å². The van der Waals surface area contributed by atoms with Crippen LogP contribution in [0.3, 0.4) is 0 Å². The highest BCUT2D eigenvalue weighted by Crippen LogP contribution is 2.30. The standard InChI is InChI=1S/C18H22N2O5S/c1-5-20(26(4,22)23)15-9-6-13(7-10-15)18(21)19-14-8-11-16(24-2)17(12-14)25-3/h6-12H,5H2,1-4H3,(H,19,21). The van der Waals surface area contributed by atoms with E-state index in [-0.39, 0.29) is 5.91 Å². The summed E-state index contributed by atoms with van der Waals surface area (Å²) in [6, 6.07) is 11.4. The summed E-state index contributed by atoms with van der Waals surface area (Å²) in [6.45, 7) is 2.06. The van der Waals surface area contributed by atoms with Crippen molar-refractivity contribution in [3.63, 3.8) is 0 Å². The van der Waals surface area contributed by atoms with Gasteiger partial charge in [0.15, 0.2) is 11.5 Å². The maximum absolute atomic E-state index is 12.4. The summed E-state index contributed by atoms with van der Waals surface area (Å²) < 4.78 is 35.2. The first kappa shape index (κ1) is 19.6. The minimum Gasteiger partial charge on any atom is -0.493 e. The van der Waals surface area contributed by atoms with Gasteiger partial charge in [-0.25, -0.2) is 8.42 Å². The first-order valence-electron chi connectivity index (χ1n) is 7.91. The summed E-state index contributed by atoms with van der Waals surface area (Å²) in [5.74, 6) is 0.758. The molecule has 2 aromatic rings. The van der Waals surface area contributed by atoms with E-state index in [1.807, 2.05) is 0 Å². The molecule has 1 amide bonds. The van der Waals surface area contributed by atoms with Crippen LogP contribution in [0.25, 0.3) is 0 Å². The Morgan fingerprint density at radius 1 is 1.04 bits per heavy atom. The molecule has 0 aliphatic rings. The van der Waals surface area contributed by atoms with Crippen molar-refractivity contribution in [2.24, 2.45) is 0 Å². The molecule has 0 radical (unpaired) electrons. The quantitative estimate of drug-likeness (QED) is 0.801. The fourth-order valence-electron chi connectivity index (χ4n) is 2.50. The Labute approximate surface area is 153 Å². The molecule has 0 aromatic heterocycles. The van der Waals surface area contributed by atoms with Crippen LogP contribution in [0.15, 0.2) is 42.5 Å².